The van der Waals surface area contributed by atoms with E-state index in [1.54, 1.807) is 7.11 Å². The van der Waals surface area contributed by atoms with E-state index in [0.717, 1.165) is 10.2 Å². The van der Waals surface area contributed by atoms with Gasteiger partial charge in [-0.2, -0.15) is 9.78 Å². The van der Waals surface area contributed by atoms with E-state index in [9.17, 15) is 4.79 Å². The summed E-state index contributed by atoms with van der Waals surface area (Å²) in [6, 6.07) is 7.76. The van der Waals surface area contributed by atoms with Crippen LogP contribution in [-0.2, 0) is 11.3 Å². The lowest BCUT2D eigenvalue weighted by Crippen LogP contribution is -1.97. The van der Waals surface area contributed by atoms with Crippen molar-refractivity contribution in [2.45, 2.75) is 6.61 Å². The molecule has 2 aromatic heterocycles. The molecule has 0 atom stereocenters. The highest BCUT2D eigenvalue weighted by atomic mass is 35.5. The molecule has 0 aliphatic carbocycles. The van der Waals surface area contributed by atoms with Gasteiger partial charge in [-0.1, -0.05) is 35.1 Å². The van der Waals surface area contributed by atoms with Crippen molar-refractivity contribution < 1.29 is 9.53 Å². The first-order chi connectivity index (χ1) is 9.74. The third-order valence-electron chi connectivity index (χ3n) is 2.80. The van der Waals surface area contributed by atoms with Crippen LogP contribution in [0.25, 0.3) is 15.3 Å². The Labute approximate surface area is 123 Å². The van der Waals surface area contributed by atoms with Crippen molar-refractivity contribution in [3.8, 4) is 5.13 Å². The van der Waals surface area contributed by atoms with Crippen molar-refractivity contribution >= 4 is 39.4 Å². The lowest BCUT2D eigenvalue weighted by atomic mass is 10.3. The first-order valence-corrected chi connectivity index (χ1v) is 7.01. The Bertz CT molecular complexity index is 748. The van der Waals surface area contributed by atoms with Crippen LogP contribution in [0.3, 0.4) is 0 Å². The third kappa shape index (κ3) is 2.11. The molecule has 0 fully saturated rings. The van der Waals surface area contributed by atoms with Crippen molar-refractivity contribution in [3.05, 3.63) is 40.7 Å². The Kier molecular flexibility index (Phi) is 3.52. The van der Waals surface area contributed by atoms with E-state index in [1.807, 2.05) is 24.3 Å². The maximum atomic E-state index is 11.1. The summed E-state index contributed by atoms with van der Waals surface area (Å²) in [5, 5.41) is 5.19. The van der Waals surface area contributed by atoms with Gasteiger partial charge in [0.05, 0.1) is 22.4 Å². The summed E-state index contributed by atoms with van der Waals surface area (Å²) in [7, 11) is 1.54. The van der Waals surface area contributed by atoms with Crippen molar-refractivity contribution in [1.82, 2.24) is 14.8 Å². The van der Waals surface area contributed by atoms with Crippen LogP contribution < -0.4 is 0 Å². The maximum Gasteiger partial charge on any atom is 0.212 e. The molecule has 7 heteroatoms. The molecule has 2 heterocycles. The van der Waals surface area contributed by atoms with Crippen molar-refractivity contribution in [2.75, 3.05) is 7.11 Å². The molecular weight excluding hydrogens is 298 g/mol. The number of carbonyl (C=O) groups excluding carboxylic acids is 1. The van der Waals surface area contributed by atoms with Crippen LogP contribution in [0.1, 0.15) is 16.1 Å². The topological polar surface area (TPSA) is 57.0 Å². The van der Waals surface area contributed by atoms with E-state index in [1.165, 1.54) is 16.0 Å². The largest absolute Gasteiger partial charge is 0.378 e. The van der Waals surface area contributed by atoms with E-state index in [0.29, 0.717) is 22.7 Å². The average molecular weight is 308 g/mol. The molecule has 0 aliphatic rings. The Morgan fingerprint density at radius 2 is 2.25 bits per heavy atom. The van der Waals surface area contributed by atoms with Crippen LogP contribution in [0.2, 0.25) is 5.15 Å². The van der Waals surface area contributed by atoms with E-state index in [-0.39, 0.29) is 11.8 Å². The van der Waals surface area contributed by atoms with Gasteiger partial charge in [-0.05, 0) is 12.1 Å². The minimum Gasteiger partial charge on any atom is -0.378 e. The van der Waals surface area contributed by atoms with Crippen molar-refractivity contribution in [1.29, 1.82) is 0 Å². The van der Waals surface area contributed by atoms with Gasteiger partial charge in [0.1, 0.15) is 10.8 Å². The quantitative estimate of drug-likeness (QED) is 0.695. The van der Waals surface area contributed by atoms with Crippen LogP contribution in [0.4, 0.5) is 0 Å². The molecule has 0 amide bonds. The lowest BCUT2D eigenvalue weighted by Gasteiger charge is -1.95. The second-order valence-electron chi connectivity index (χ2n) is 4.08. The number of fused-ring (bicyclic) bond motifs is 1. The number of rotatable bonds is 4. The smallest absolute Gasteiger partial charge is 0.212 e. The number of nitrogens with zero attached hydrogens (tertiary/aromatic N) is 3. The van der Waals surface area contributed by atoms with Crippen molar-refractivity contribution in [2.24, 2.45) is 0 Å². The maximum absolute atomic E-state index is 11.1. The van der Waals surface area contributed by atoms with Crippen LogP contribution in [-0.4, -0.2) is 28.2 Å². The normalized spacial score (nSPS) is 11.1. The summed E-state index contributed by atoms with van der Waals surface area (Å²) in [6.07, 6.45) is 0.688. The zero-order chi connectivity index (χ0) is 14.1. The van der Waals surface area contributed by atoms with Gasteiger partial charge in [0.2, 0.25) is 5.13 Å². The summed E-state index contributed by atoms with van der Waals surface area (Å²) < 4.78 is 7.54. The summed E-state index contributed by atoms with van der Waals surface area (Å²) in [5.74, 6) is 0. The number of hydrogen-bond acceptors (Lipinski definition) is 5. The SMILES string of the molecule is COCc1nn(-c2nc3ccccc3s2)c(Cl)c1C=O. The van der Waals surface area contributed by atoms with Gasteiger partial charge in [-0.25, -0.2) is 4.98 Å². The number of aromatic nitrogens is 3. The van der Waals surface area contributed by atoms with Gasteiger partial charge in [-0.15, -0.1) is 0 Å². The summed E-state index contributed by atoms with van der Waals surface area (Å²) in [5.41, 5.74) is 1.72. The van der Waals surface area contributed by atoms with Crippen LogP contribution in [0.15, 0.2) is 24.3 Å². The molecule has 5 nitrogen and oxygen atoms in total. The van der Waals surface area contributed by atoms with Gasteiger partial charge in [0.25, 0.3) is 0 Å². The monoisotopic (exact) mass is 307 g/mol. The highest BCUT2D eigenvalue weighted by molar-refractivity contribution is 7.20. The Morgan fingerprint density at radius 1 is 1.45 bits per heavy atom. The molecule has 0 unspecified atom stereocenters. The molecule has 3 aromatic rings. The number of methoxy groups -OCH3 is 1. The van der Waals surface area contributed by atoms with Gasteiger partial charge in [0, 0.05) is 7.11 Å². The van der Waals surface area contributed by atoms with Gasteiger partial charge < -0.3 is 4.74 Å². The number of aldehydes is 1. The minimum atomic E-state index is 0.228. The fourth-order valence-electron chi connectivity index (χ4n) is 1.89. The number of benzene rings is 1. The van der Waals surface area contributed by atoms with E-state index in [2.05, 4.69) is 10.1 Å². The highest BCUT2D eigenvalue weighted by Crippen LogP contribution is 2.28. The molecule has 0 radical (unpaired) electrons. The first kappa shape index (κ1) is 13.2. The number of carbonyl (C=O) groups is 1. The Balaban J connectivity index is 2.15. The Hall–Kier alpha value is -1.76. The van der Waals surface area contributed by atoms with Crippen LogP contribution in [0.5, 0.6) is 0 Å². The second kappa shape index (κ2) is 5.32. The number of thiazole rings is 1. The molecule has 102 valence electrons. The molecule has 0 spiro atoms. The second-order valence-corrected chi connectivity index (χ2v) is 5.45. The standard InChI is InChI=1S/C13H10ClN3O2S/c1-19-7-10-8(6-18)12(14)17(16-10)13-15-9-4-2-3-5-11(9)20-13/h2-6H,7H2,1H3. The predicted octanol–water partition coefficient (Wildman–Crippen LogP) is 3.09. The zero-order valence-electron chi connectivity index (χ0n) is 10.5. The molecule has 0 saturated carbocycles. The van der Waals surface area contributed by atoms with E-state index in [4.69, 9.17) is 16.3 Å². The fourth-order valence-corrected chi connectivity index (χ4v) is 3.13. The number of hydrogen-bond donors (Lipinski definition) is 0. The third-order valence-corrected chi connectivity index (χ3v) is 4.18. The van der Waals surface area contributed by atoms with Crippen molar-refractivity contribution in [3.63, 3.8) is 0 Å². The summed E-state index contributed by atoms with van der Waals surface area (Å²) in [6.45, 7) is 0.228. The van der Waals surface area contributed by atoms with Gasteiger partial charge in [0.15, 0.2) is 6.29 Å². The molecule has 3 rings (SSSR count). The minimum absolute atomic E-state index is 0.228. The van der Waals surface area contributed by atoms with Gasteiger partial charge in [-0.3, -0.25) is 4.79 Å². The van der Waals surface area contributed by atoms with E-state index >= 15 is 0 Å². The van der Waals surface area contributed by atoms with Crippen LogP contribution in [0, 0.1) is 0 Å². The number of para-hydroxylation sites is 1. The number of ether oxygens (including phenoxy) is 1. The average Bonchev–Trinajstić information content (AvgIpc) is 3.00. The predicted molar refractivity (Wildman–Crippen MR) is 77.9 cm³/mol. The molecule has 0 bridgehead atoms. The highest BCUT2D eigenvalue weighted by Gasteiger charge is 2.18. The first-order valence-electron chi connectivity index (χ1n) is 5.82. The molecule has 0 saturated heterocycles. The molecular formula is C13H10ClN3O2S. The molecule has 1 aromatic carbocycles. The zero-order valence-corrected chi connectivity index (χ0v) is 12.1. The van der Waals surface area contributed by atoms with Gasteiger partial charge >= 0.3 is 0 Å². The summed E-state index contributed by atoms with van der Waals surface area (Å²) in [4.78, 5) is 15.6. The number of halogens is 1. The molecule has 20 heavy (non-hydrogen) atoms. The summed E-state index contributed by atoms with van der Waals surface area (Å²) >= 11 is 7.67. The molecule has 0 N–H and O–H groups in total. The van der Waals surface area contributed by atoms with Crippen LogP contribution >= 0.6 is 22.9 Å². The lowest BCUT2D eigenvalue weighted by molar-refractivity contribution is 0.111. The van der Waals surface area contributed by atoms with E-state index < -0.39 is 0 Å². The Morgan fingerprint density at radius 3 is 2.95 bits per heavy atom. The fraction of sp³-hybridized carbons (Fsp3) is 0.154. The molecule has 0 aliphatic heterocycles.